The molecule has 2 aromatic rings. The summed E-state index contributed by atoms with van der Waals surface area (Å²) in [4.78, 5) is 48.0. The van der Waals surface area contributed by atoms with Gasteiger partial charge in [-0.05, 0) is 55.0 Å². The predicted octanol–water partition coefficient (Wildman–Crippen LogP) is 3.97. The van der Waals surface area contributed by atoms with Gasteiger partial charge in [-0.1, -0.05) is 29.8 Å². The summed E-state index contributed by atoms with van der Waals surface area (Å²) in [5.41, 5.74) is 5.96. The Labute approximate surface area is 282 Å². The van der Waals surface area contributed by atoms with Crippen molar-refractivity contribution in [1.82, 2.24) is 30.2 Å². The number of fused-ring (bicyclic) bond motifs is 1. The minimum atomic E-state index is -4.74. The van der Waals surface area contributed by atoms with E-state index in [2.05, 4.69) is 20.9 Å². The van der Waals surface area contributed by atoms with E-state index in [4.69, 9.17) is 17.3 Å². The summed E-state index contributed by atoms with van der Waals surface area (Å²) < 4.78 is 41.3. The molecule has 0 spiro atoms. The normalized spacial score (nSPS) is 20.7. The molecule has 15 heteroatoms. The number of alkyl halides is 3. The summed E-state index contributed by atoms with van der Waals surface area (Å²) in [6, 6.07) is 8.37. The first-order valence-corrected chi connectivity index (χ1v) is 17.0. The van der Waals surface area contributed by atoms with Crippen LogP contribution in [0.15, 0.2) is 36.4 Å². The lowest BCUT2D eigenvalue weighted by atomic mass is 9.98. The number of nitrogen functional groups attached to an aromatic ring is 1. The number of halogens is 4. The highest BCUT2D eigenvalue weighted by atomic mass is 35.5. The second-order valence-corrected chi connectivity index (χ2v) is 13.4. The number of nitrogens with one attached hydrogen (secondary N) is 3. The Morgan fingerprint density at radius 2 is 1.60 bits per heavy atom. The molecule has 4 heterocycles. The van der Waals surface area contributed by atoms with Gasteiger partial charge in [0.2, 0.25) is 5.91 Å². The molecule has 48 heavy (non-hydrogen) atoms. The third kappa shape index (κ3) is 7.60. The smallest absolute Gasteiger partial charge is 0.397 e. The Morgan fingerprint density at radius 1 is 0.958 bits per heavy atom. The highest BCUT2D eigenvalue weighted by Gasteiger charge is 2.37. The summed E-state index contributed by atoms with van der Waals surface area (Å²) in [6.07, 6.45) is -2.28. The van der Waals surface area contributed by atoms with Gasteiger partial charge >= 0.3 is 18.2 Å². The van der Waals surface area contributed by atoms with E-state index in [9.17, 15) is 27.6 Å². The molecular formula is C33H42ClF3N8O3. The minimum absolute atomic E-state index is 0.0745. The number of carbonyl (C=O) groups is 3. The number of piperazine rings is 1. The molecule has 3 saturated heterocycles. The largest absolute Gasteiger partial charge is 0.418 e. The van der Waals surface area contributed by atoms with Gasteiger partial charge in [0.05, 0.1) is 16.3 Å². The van der Waals surface area contributed by atoms with E-state index in [1.165, 1.54) is 6.07 Å². The van der Waals surface area contributed by atoms with Crippen molar-refractivity contribution in [2.45, 2.75) is 63.0 Å². The monoisotopic (exact) mass is 690 g/mol. The number of urea groups is 2. The third-order valence-corrected chi connectivity index (χ3v) is 10.3. The molecule has 0 radical (unpaired) electrons. The number of hydrogen-bond donors (Lipinski definition) is 4. The molecule has 6 rings (SSSR count). The fourth-order valence-electron chi connectivity index (χ4n) is 7.32. The second-order valence-electron chi connectivity index (χ2n) is 13.0. The standard InChI is InChI=1S/C33H42ClF3N8O3/c34-26-18-21(17-25(29(26)38)33(35,36)37)19-28(30(46)43-11-5-23(6-12-43)42-15-9-39-10-16-42)41-31(47)44-13-7-24(8-14-44)45-20-22-3-1-2-4-27(22)40-32(45)48/h1-4,17-18,23-24,28,39H,5-16,19-20,38H2,(H,40,48)(H,41,47)/t28-/m1/s1. The molecule has 0 unspecified atom stereocenters. The number of benzene rings is 2. The van der Waals surface area contributed by atoms with Crippen molar-refractivity contribution >= 4 is 40.9 Å². The van der Waals surface area contributed by atoms with Gasteiger partial charge in [-0.3, -0.25) is 9.69 Å². The van der Waals surface area contributed by atoms with Crippen molar-refractivity contribution in [2.75, 3.05) is 63.4 Å². The van der Waals surface area contributed by atoms with Crippen molar-refractivity contribution in [2.24, 2.45) is 0 Å². The lowest BCUT2D eigenvalue weighted by molar-refractivity contribution is -0.137. The number of nitrogens with two attached hydrogens (primary N) is 1. The van der Waals surface area contributed by atoms with Crippen LogP contribution < -0.4 is 21.7 Å². The molecule has 0 bridgehead atoms. The Kier molecular flexibility index (Phi) is 10.2. The van der Waals surface area contributed by atoms with Crippen molar-refractivity contribution in [3.63, 3.8) is 0 Å². The number of para-hydroxylation sites is 1. The predicted molar refractivity (Wildman–Crippen MR) is 177 cm³/mol. The minimum Gasteiger partial charge on any atom is -0.397 e. The van der Waals surface area contributed by atoms with Crippen LogP contribution in [0.3, 0.4) is 0 Å². The Bertz CT molecular complexity index is 1510. The highest BCUT2D eigenvalue weighted by molar-refractivity contribution is 6.33. The molecule has 0 aliphatic carbocycles. The first kappa shape index (κ1) is 34.1. The van der Waals surface area contributed by atoms with Crippen molar-refractivity contribution in [3.05, 3.63) is 58.1 Å². The Hall–Kier alpha value is -3.75. The molecular weight excluding hydrogens is 649 g/mol. The number of carbonyl (C=O) groups excluding carboxylic acids is 3. The van der Waals surface area contributed by atoms with Crippen LogP contribution in [-0.4, -0.2) is 108 Å². The maximum atomic E-state index is 14.0. The fourth-order valence-corrected chi connectivity index (χ4v) is 7.56. The number of hydrogen-bond acceptors (Lipinski definition) is 6. The number of piperidine rings is 2. The van der Waals surface area contributed by atoms with Gasteiger partial charge in [0.25, 0.3) is 0 Å². The zero-order valence-electron chi connectivity index (χ0n) is 26.7. The zero-order chi connectivity index (χ0) is 34.0. The third-order valence-electron chi connectivity index (χ3n) is 10.0. The number of nitrogens with zero attached hydrogens (tertiary/aromatic N) is 4. The van der Waals surface area contributed by atoms with Gasteiger partial charge in [0.1, 0.15) is 6.04 Å². The lowest BCUT2D eigenvalue weighted by Crippen LogP contribution is -2.58. The molecule has 2 aromatic carbocycles. The van der Waals surface area contributed by atoms with E-state index in [1.54, 1.807) is 14.7 Å². The van der Waals surface area contributed by atoms with Gasteiger partial charge < -0.3 is 36.4 Å². The average Bonchev–Trinajstić information content (AvgIpc) is 3.09. The van der Waals surface area contributed by atoms with Crippen LogP contribution in [0.2, 0.25) is 5.02 Å². The molecule has 260 valence electrons. The number of anilines is 2. The van der Waals surface area contributed by atoms with Gasteiger partial charge in [0, 0.05) is 83.1 Å². The number of likely N-dealkylation sites (tertiary alicyclic amines) is 2. The maximum absolute atomic E-state index is 14.0. The van der Waals surface area contributed by atoms with Crippen LogP contribution in [-0.2, 0) is 23.9 Å². The Balaban J connectivity index is 1.13. The summed E-state index contributed by atoms with van der Waals surface area (Å²) in [5, 5.41) is 8.87. The molecule has 4 aliphatic heterocycles. The average molecular weight is 691 g/mol. The van der Waals surface area contributed by atoms with Gasteiger partial charge in [-0.15, -0.1) is 0 Å². The quantitative estimate of drug-likeness (QED) is 0.340. The first-order chi connectivity index (χ1) is 23.0. The molecule has 1 atom stereocenters. The molecule has 5 amide bonds. The van der Waals surface area contributed by atoms with Gasteiger partial charge in [-0.25, -0.2) is 9.59 Å². The highest BCUT2D eigenvalue weighted by Crippen LogP contribution is 2.38. The SMILES string of the molecule is Nc1c(Cl)cc(C[C@@H](NC(=O)N2CCC(N3Cc4ccccc4NC3=O)CC2)C(=O)N2CCC(N3CCNCC3)CC2)cc1C(F)(F)F. The van der Waals surface area contributed by atoms with Gasteiger partial charge in [-0.2, -0.15) is 13.2 Å². The van der Waals surface area contributed by atoms with Crippen LogP contribution in [0.4, 0.5) is 34.1 Å². The molecule has 0 saturated carbocycles. The van der Waals surface area contributed by atoms with E-state index in [-0.39, 0.29) is 35.0 Å². The Morgan fingerprint density at radius 3 is 2.29 bits per heavy atom. The topological polar surface area (TPSA) is 126 Å². The maximum Gasteiger partial charge on any atom is 0.418 e. The lowest BCUT2D eigenvalue weighted by Gasteiger charge is -2.42. The van der Waals surface area contributed by atoms with E-state index in [0.717, 1.165) is 56.3 Å². The summed E-state index contributed by atoms with van der Waals surface area (Å²) in [5.74, 6) is -0.345. The number of rotatable bonds is 6. The van der Waals surface area contributed by atoms with Crippen LogP contribution in [0.25, 0.3) is 0 Å². The van der Waals surface area contributed by atoms with Crippen LogP contribution in [0, 0.1) is 0 Å². The summed E-state index contributed by atoms with van der Waals surface area (Å²) in [6.45, 7) is 5.90. The zero-order valence-corrected chi connectivity index (χ0v) is 27.5. The molecule has 5 N–H and O–H groups in total. The van der Waals surface area contributed by atoms with E-state index in [0.29, 0.717) is 51.6 Å². The number of amides is 5. The van der Waals surface area contributed by atoms with Gasteiger partial charge in [0.15, 0.2) is 0 Å². The van der Waals surface area contributed by atoms with Crippen molar-refractivity contribution < 1.29 is 27.6 Å². The van der Waals surface area contributed by atoms with Crippen molar-refractivity contribution in [1.29, 1.82) is 0 Å². The van der Waals surface area contributed by atoms with E-state index in [1.807, 2.05) is 24.3 Å². The molecule has 0 aromatic heterocycles. The van der Waals surface area contributed by atoms with E-state index >= 15 is 0 Å². The summed E-state index contributed by atoms with van der Waals surface area (Å²) >= 11 is 6.11. The molecule has 3 fully saturated rings. The van der Waals surface area contributed by atoms with Crippen molar-refractivity contribution in [3.8, 4) is 0 Å². The molecule has 4 aliphatic rings. The molecule has 11 nitrogen and oxygen atoms in total. The van der Waals surface area contributed by atoms with E-state index < -0.39 is 29.5 Å². The fraction of sp³-hybridized carbons (Fsp3) is 0.545. The van der Waals surface area contributed by atoms with Crippen LogP contribution >= 0.6 is 11.6 Å². The first-order valence-electron chi connectivity index (χ1n) is 16.6. The van der Waals surface area contributed by atoms with Crippen LogP contribution in [0.5, 0.6) is 0 Å². The summed E-state index contributed by atoms with van der Waals surface area (Å²) in [7, 11) is 0. The van der Waals surface area contributed by atoms with Crippen LogP contribution in [0.1, 0.15) is 42.4 Å². The second kappa shape index (κ2) is 14.4.